The Morgan fingerprint density at radius 3 is 2.59 bits per heavy atom. The first-order chi connectivity index (χ1) is 16.4. The van der Waals surface area contributed by atoms with Crippen LogP contribution in [0.1, 0.15) is 31.0 Å². The van der Waals surface area contributed by atoms with Gasteiger partial charge in [-0.1, -0.05) is 35.6 Å². The Morgan fingerprint density at radius 1 is 1.18 bits per heavy atom. The fourth-order valence-electron chi connectivity index (χ4n) is 3.90. The number of rotatable bonds is 6. The Kier molecular flexibility index (Phi) is 7.04. The number of aromatic nitrogens is 1. The summed E-state index contributed by atoms with van der Waals surface area (Å²) in [6.45, 7) is 3.71. The second-order valence-corrected chi connectivity index (χ2v) is 9.30. The Labute approximate surface area is 208 Å². The summed E-state index contributed by atoms with van der Waals surface area (Å²) in [6.07, 6.45) is 1.80. The topological polar surface area (TPSA) is 79.1 Å². The van der Waals surface area contributed by atoms with Crippen molar-refractivity contribution in [3.8, 4) is 11.5 Å². The van der Waals surface area contributed by atoms with Crippen LogP contribution in [0, 0.1) is 0 Å². The molecule has 0 saturated carbocycles. The average Bonchev–Trinajstić information content (AvgIpc) is 3.12. The van der Waals surface area contributed by atoms with Gasteiger partial charge in [-0.25, -0.2) is 9.79 Å². The van der Waals surface area contributed by atoms with Crippen LogP contribution in [0.25, 0.3) is 6.08 Å². The van der Waals surface area contributed by atoms with Gasteiger partial charge >= 0.3 is 5.97 Å². The summed E-state index contributed by atoms with van der Waals surface area (Å²) < 4.78 is 19.0. The number of benzene rings is 2. The van der Waals surface area contributed by atoms with Gasteiger partial charge in [0, 0.05) is 5.56 Å². The van der Waals surface area contributed by atoms with E-state index >= 15 is 0 Å². The second kappa shape index (κ2) is 9.99. The summed E-state index contributed by atoms with van der Waals surface area (Å²) in [6, 6.07) is 12.2. The highest BCUT2D eigenvalue weighted by molar-refractivity contribution is 9.10. The minimum absolute atomic E-state index is 0.213. The van der Waals surface area contributed by atoms with Crippen LogP contribution in [0.3, 0.4) is 0 Å². The number of carbonyl (C=O) groups is 1. The van der Waals surface area contributed by atoms with Gasteiger partial charge in [-0.2, -0.15) is 0 Å². The van der Waals surface area contributed by atoms with Crippen molar-refractivity contribution < 1.29 is 19.0 Å². The molecule has 4 rings (SSSR count). The number of methoxy groups -OCH3 is 2. The van der Waals surface area contributed by atoms with Crippen LogP contribution in [-0.2, 0) is 9.53 Å². The summed E-state index contributed by atoms with van der Waals surface area (Å²) in [5.74, 6) is 0.759. The van der Waals surface area contributed by atoms with Crippen LogP contribution in [0.2, 0.25) is 0 Å². The van der Waals surface area contributed by atoms with Gasteiger partial charge in [0.25, 0.3) is 5.56 Å². The number of nitrogens with zero attached hydrogens (tertiary/aromatic N) is 2. The van der Waals surface area contributed by atoms with Crippen LogP contribution < -0.4 is 24.4 Å². The summed E-state index contributed by atoms with van der Waals surface area (Å²) in [5.41, 5.74) is 2.09. The molecule has 0 aliphatic carbocycles. The number of ether oxygens (including phenoxy) is 3. The van der Waals surface area contributed by atoms with E-state index in [2.05, 4.69) is 20.9 Å². The zero-order valence-corrected chi connectivity index (χ0v) is 21.5. The Hall–Kier alpha value is -3.17. The average molecular weight is 543 g/mol. The fourth-order valence-corrected chi connectivity index (χ4v) is 5.51. The van der Waals surface area contributed by atoms with Gasteiger partial charge in [-0.15, -0.1) is 0 Å². The van der Waals surface area contributed by atoms with Crippen molar-refractivity contribution in [3.63, 3.8) is 0 Å². The summed E-state index contributed by atoms with van der Waals surface area (Å²) >= 11 is 4.75. The first-order valence-corrected chi connectivity index (χ1v) is 12.2. The molecule has 0 N–H and O–H groups in total. The van der Waals surface area contributed by atoms with Crippen LogP contribution >= 0.6 is 27.3 Å². The van der Waals surface area contributed by atoms with E-state index in [0.717, 1.165) is 10.0 Å². The first-order valence-electron chi connectivity index (χ1n) is 10.6. The van der Waals surface area contributed by atoms with Gasteiger partial charge in [0.15, 0.2) is 4.80 Å². The summed E-state index contributed by atoms with van der Waals surface area (Å²) in [5, 5.41) is 0. The van der Waals surface area contributed by atoms with Gasteiger partial charge in [0.05, 0.1) is 41.1 Å². The molecule has 1 atom stereocenters. The molecule has 0 fully saturated rings. The molecule has 7 nitrogen and oxygen atoms in total. The van der Waals surface area contributed by atoms with Gasteiger partial charge in [-0.3, -0.25) is 9.36 Å². The van der Waals surface area contributed by atoms with E-state index < -0.39 is 12.0 Å². The maximum absolute atomic E-state index is 13.7. The molecule has 0 radical (unpaired) electrons. The molecule has 34 heavy (non-hydrogen) atoms. The van der Waals surface area contributed by atoms with Gasteiger partial charge < -0.3 is 14.2 Å². The van der Waals surface area contributed by atoms with E-state index in [1.807, 2.05) is 36.4 Å². The van der Waals surface area contributed by atoms with Crippen LogP contribution in [0.4, 0.5) is 0 Å². The highest BCUT2D eigenvalue weighted by Crippen LogP contribution is 2.35. The molecule has 3 aromatic rings. The zero-order chi connectivity index (χ0) is 24.4. The van der Waals surface area contributed by atoms with E-state index in [-0.39, 0.29) is 12.2 Å². The molecule has 176 valence electrons. The number of allylic oxidation sites excluding steroid dienone is 1. The molecular weight excluding hydrogens is 520 g/mol. The highest BCUT2D eigenvalue weighted by Gasteiger charge is 2.34. The molecule has 2 heterocycles. The van der Waals surface area contributed by atoms with Crippen molar-refractivity contribution >= 4 is 39.3 Å². The quantitative estimate of drug-likeness (QED) is 0.445. The first kappa shape index (κ1) is 24.0. The largest absolute Gasteiger partial charge is 0.496 e. The lowest BCUT2D eigenvalue weighted by molar-refractivity contribution is -0.139. The molecule has 9 heteroatoms. The number of fused-ring (bicyclic) bond motifs is 1. The molecule has 1 unspecified atom stereocenters. The molecule has 1 aliphatic heterocycles. The predicted octanol–water partition coefficient (Wildman–Crippen LogP) is 3.58. The number of thiazole rings is 1. The second-order valence-electron chi connectivity index (χ2n) is 7.44. The number of carbonyl (C=O) groups excluding carboxylic acids is 1. The number of para-hydroxylation sites is 1. The Morgan fingerprint density at radius 2 is 1.91 bits per heavy atom. The predicted molar refractivity (Wildman–Crippen MR) is 134 cm³/mol. The van der Waals surface area contributed by atoms with Gasteiger partial charge in [-0.05, 0) is 59.6 Å². The van der Waals surface area contributed by atoms with Crippen LogP contribution in [-0.4, -0.2) is 31.4 Å². The molecule has 0 bridgehead atoms. The summed E-state index contributed by atoms with van der Waals surface area (Å²) in [4.78, 5) is 31.8. The third-order valence-corrected chi connectivity index (χ3v) is 7.03. The maximum atomic E-state index is 13.7. The minimum Gasteiger partial charge on any atom is -0.496 e. The molecule has 0 spiro atoms. The monoisotopic (exact) mass is 542 g/mol. The lowest BCUT2D eigenvalue weighted by atomic mass is 9.95. The van der Waals surface area contributed by atoms with E-state index in [0.29, 0.717) is 37.7 Å². The van der Waals surface area contributed by atoms with Crippen molar-refractivity contribution in [1.82, 2.24) is 4.57 Å². The Bertz CT molecular complexity index is 1470. The number of hydrogen-bond acceptors (Lipinski definition) is 7. The lowest BCUT2D eigenvalue weighted by Crippen LogP contribution is -2.40. The summed E-state index contributed by atoms with van der Waals surface area (Å²) in [7, 11) is 3.16. The minimum atomic E-state index is -0.726. The molecule has 1 aromatic heterocycles. The molecule has 0 amide bonds. The van der Waals surface area contributed by atoms with E-state index in [9.17, 15) is 9.59 Å². The van der Waals surface area contributed by atoms with E-state index in [1.165, 1.54) is 11.3 Å². The van der Waals surface area contributed by atoms with Crippen molar-refractivity contribution in [1.29, 1.82) is 0 Å². The number of hydrogen-bond donors (Lipinski definition) is 0. The lowest BCUT2D eigenvalue weighted by Gasteiger charge is -2.25. The number of esters is 1. The fraction of sp³-hybridized carbons (Fsp3) is 0.240. The molecule has 1 aliphatic rings. The Balaban J connectivity index is 1.96. The number of halogens is 1. The maximum Gasteiger partial charge on any atom is 0.338 e. The molecule has 0 saturated heterocycles. The van der Waals surface area contributed by atoms with Crippen LogP contribution in [0.5, 0.6) is 11.5 Å². The van der Waals surface area contributed by atoms with Crippen molar-refractivity contribution in [2.75, 3.05) is 20.8 Å². The highest BCUT2D eigenvalue weighted by atomic mass is 79.9. The van der Waals surface area contributed by atoms with Crippen LogP contribution in [0.15, 0.2) is 68.0 Å². The van der Waals surface area contributed by atoms with Crippen molar-refractivity contribution in [2.24, 2.45) is 4.99 Å². The normalized spacial score (nSPS) is 15.6. The zero-order valence-electron chi connectivity index (χ0n) is 19.1. The standard InChI is InChI=1S/C25H23BrN2O5S/c1-5-33-24(30)21-14(2)27-25-28(22(21)16-8-6-7-9-18(16)31-3)23(29)20(34-25)13-15-10-11-19(32-4)17(26)12-15/h6-13,22H,5H2,1-4H3/b20-13-. The van der Waals surface area contributed by atoms with Crippen molar-refractivity contribution in [3.05, 3.63) is 89.0 Å². The SMILES string of the molecule is CCOC(=O)C1=C(C)N=c2s/c(=C\c3ccc(OC)c(Br)c3)c(=O)n2C1c1ccccc1OC. The van der Waals surface area contributed by atoms with Gasteiger partial charge in [0.1, 0.15) is 17.5 Å². The third kappa shape index (κ3) is 4.33. The van der Waals surface area contributed by atoms with Gasteiger partial charge in [0.2, 0.25) is 0 Å². The molecular formula is C25H23BrN2O5S. The molecule has 2 aromatic carbocycles. The van der Waals surface area contributed by atoms with E-state index in [1.54, 1.807) is 44.8 Å². The van der Waals surface area contributed by atoms with E-state index in [4.69, 9.17) is 14.2 Å². The smallest absolute Gasteiger partial charge is 0.338 e. The third-order valence-electron chi connectivity index (χ3n) is 5.42. The van der Waals surface area contributed by atoms with Crippen molar-refractivity contribution in [2.45, 2.75) is 19.9 Å².